The second-order valence-corrected chi connectivity index (χ2v) is 5.44. The molecule has 0 bridgehead atoms. The molecule has 0 aromatic carbocycles. The molecule has 1 amide bonds. The van der Waals surface area contributed by atoms with Crippen LogP contribution in [-0.2, 0) is 9.53 Å². The van der Waals surface area contributed by atoms with Gasteiger partial charge in [-0.2, -0.15) is 11.8 Å². The number of nitrogens with one attached hydrogen (secondary N) is 1. The highest BCUT2D eigenvalue weighted by molar-refractivity contribution is 8.00. The Morgan fingerprint density at radius 3 is 2.41 bits per heavy atom. The highest BCUT2D eigenvalue weighted by Crippen LogP contribution is 2.29. The highest BCUT2D eigenvalue weighted by atomic mass is 32.2. The quantitative estimate of drug-likeness (QED) is 0.659. The molecule has 1 unspecified atom stereocenters. The van der Waals surface area contributed by atoms with E-state index >= 15 is 0 Å². The van der Waals surface area contributed by atoms with Gasteiger partial charge in [0.2, 0.25) is 5.91 Å². The van der Waals surface area contributed by atoms with E-state index in [4.69, 9.17) is 10.5 Å². The standard InChI is InChI=1S/C12H26N2O2S/c1-5-12(6-2,17-4)9-14-11(15)7-10(8-13)16-3/h10H,5-9,13H2,1-4H3,(H,14,15). The van der Waals surface area contributed by atoms with Gasteiger partial charge in [-0.3, -0.25) is 4.79 Å². The molecule has 0 aromatic heterocycles. The number of methoxy groups -OCH3 is 1. The Morgan fingerprint density at radius 2 is 2.06 bits per heavy atom. The lowest BCUT2D eigenvalue weighted by Crippen LogP contribution is -2.41. The zero-order valence-corrected chi connectivity index (χ0v) is 12.2. The van der Waals surface area contributed by atoms with Crippen LogP contribution in [0.25, 0.3) is 0 Å². The van der Waals surface area contributed by atoms with Gasteiger partial charge in [-0.05, 0) is 19.1 Å². The van der Waals surface area contributed by atoms with Crippen molar-refractivity contribution in [3.05, 3.63) is 0 Å². The van der Waals surface area contributed by atoms with E-state index in [1.807, 2.05) is 11.8 Å². The maximum absolute atomic E-state index is 11.7. The normalized spacial score (nSPS) is 13.5. The first kappa shape index (κ1) is 16.7. The minimum atomic E-state index is -0.179. The van der Waals surface area contributed by atoms with Crippen LogP contribution < -0.4 is 11.1 Å². The topological polar surface area (TPSA) is 64.4 Å². The monoisotopic (exact) mass is 262 g/mol. The number of hydrogen-bond acceptors (Lipinski definition) is 4. The first-order chi connectivity index (χ1) is 8.07. The van der Waals surface area contributed by atoms with Gasteiger partial charge < -0.3 is 15.8 Å². The summed E-state index contributed by atoms with van der Waals surface area (Å²) in [7, 11) is 1.58. The lowest BCUT2D eigenvalue weighted by atomic mass is 10.0. The molecule has 17 heavy (non-hydrogen) atoms. The molecule has 0 saturated carbocycles. The maximum atomic E-state index is 11.7. The molecule has 0 aliphatic carbocycles. The zero-order chi connectivity index (χ0) is 13.3. The average Bonchev–Trinajstić information content (AvgIpc) is 2.38. The van der Waals surface area contributed by atoms with Crippen LogP contribution in [0.5, 0.6) is 0 Å². The van der Waals surface area contributed by atoms with Crippen LogP contribution in [0.15, 0.2) is 0 Å². The molecular formula is C12H26N2O2S. The van der Waals surface area contributed by atoms with E-state index in [0.29, 0.717) is 19.5 Å². The number of rotatable bonds is 9. The Hall–Kier alpha value is -0.260. The second kappa shape index (κ2) is 8.78. The van der Waals surface area contributed by atoms with Gasteiger partial charge in [-0.25, -0.2) is 0 Å². The third kappa shape index (κ3) is 5.75. The van der Waals surface area contributed by atoms with Crippen LogP contribution in [0.2, 0.25) is 0 Å². The average molecular weight is 262 g/mol. The van der Waals surface area contributed by atoms with Gasteiger partial charge in [0.05, 0.1) is 12.5 Å². The molecule has 5 heteroatoms. The first-order valence-electron chi connectivity index (χ1n) is 6.12. The molecule has 102 valence electrons. The van der Waals surface area contributed by atoms with Crippen LogP contribution in [0.4, 0.5) is 0 Å². The third-order valence-electron chi connectivity index (χ3n) is 3.34. The summed E-state index contributed by atoms with van der Waals surface area (Å²) in [5.41, 5.74) is 5.48. The van der Waals surface area contributed by atoms with E-state index in [1.165, 1.54) is 0 Å². The van der Waals surface area contributed by atoms with Gasteiger partial charge in [0.15, 0.2) is 0 Å². The van der Waals surface area contributed by atoms with Crippen LogP contribution in [-0.4, -0.2) is 43.2 Å². The largest absolute Gasteiger partial charge is 0.380 e. The Balaban J connectivity index is 4.13. The van der Waals surface area contributed by atoms with Gasteiger partial charge in [0.1, 0.15) is 0 Å². The number of ether oxygens (including phenoxy) is 1. The SMILES string of the molecule is CCC(CC)(CNC(=O)CC(CN)OC)SC. The van der Waals surface area contributed by atoms with E-state index in [2.05, 4.69) is 25.4 Å². The molecule has 0 aliphatic heterocycles. The number of nitrogens with two attached hydrogens (primary N) is 1. The summed E-state index contributed by atoms with van der Waals surface area (Å²) in [6.45, 7) is 5.40. The molecule has 0 aliphatic rings. The minimum absolute atomic E-state index is 0.0163. The molecule has 3 N–H and O–H groups in total. The lowest BCUT2D eigenvalue weighted by Gasteiger charge is -2.30. The minimum Gasteiger partial charge on any atom is -0.380 e. The van der Waals surface area contributed by atoms with Crippen molar-refractivity contribution in [1.29, 1.82) is 0 Å². The molecule has 4 nitrogen and oxygen atoms in total. The molecule has 0 aromatic rings. The van der Waals surface area contributed by atoms with Crippen molar-refractivity contribution in [3.63, 3.8) is 0 Å². The summed E-state index contributed by atoms with van der Waals surface area (Å²) in [4.78, 5) is 11.7. The fraction of sp³-hybridized carbons (Fsp3) is 0.917. The molecule has 0 spiro atoms. The highest BCUT2D eigenvalue weighted by Gasteiger charge is 2.25. The van der Waals surface area contributed by atoms with Gasteiger partial charge >= 0.3 is 0 Å². The molecule has 0 fully saturated rings. The molecular weight excluding hydrogens is 236 g/mol. The number of amides is 1. The van der Waals surface area contributed by atoms with Crippen molar-refractivity contribution in [3.8, 4) is 0 Å². The number of thioether (sulfide) groups is 1. The van der Waals surface area contributed by atoms with E-state index in [9.17, 15) is 4.79 Å². The van der Waals surface area contributed by atoms with Gasteiger partial charge in [0.25, 0.3) is 0 Å². The van der Waals surface area contributed by atoms with Crippen LogP contribution in [0, 0.1) is 0 Å². The van der Waals surface area contributed by atoms with Crippen molar-refractivity contribution in [2.45, 2.75) is 44.0 Å². The third-order valence-corrected chi connectivity index (χ3v) is 4.93. The van der Waals surface area contributed by atoms with E-state index in [0.717, 1.165) is 12.8 Å². The Morgan fingerprint density at radius 1 is 1.47 bits per heavy atom. The Bertz CT molecular complexity index is 208. The van der Waals surface area contributed by atoms with E-state index < -0.39 is 0 Å². The first-order valence-corrected chi connectivity index (χ1v) is 7.34. The molecule has 1 atom stereocenters. The molecule has 0 radical (unpaired) electrons. The summed E-state index contributed by atoms with van der Waals surface area (Å²) >= 11 is 1.82. The van der Waals surface area contributed by atoms with Crippen molar-refractivity contribution < 1.29 is 9.53 Å². The summed E-state index contributed by atoms with van der Waals surface area (Å²) in [6.07, 6.45) is 4.36. The summed E-state index contributed by atoms with van der Waals surface area (Å²) in [5, 5.41) is 2.98. The van der Waals surface area contributed by atoms with Crippen molar-refractivity contribution >= 4 is 17.7 Å². The van der Waals surface area contributed by atoms with E-state index in [1.54, 1.807) is 7.11 Å². The number of carbonyl (C=O) groups excluding carboxylic acids is 1. The van der Waals surface area contributed by atoms with Gasteiger partial charge in [-0.1, -0.05) is 13.8 Å². The van der Waals surface area contributed by atoms with Crippen molar-refractivity contribution in [2.75, 3.05) is 26.5 Å². The maximum Gasteiger partial charge on any atom is 0.222 e. The summed E-state index contributed by atoms with van der Waals surface area (Å²) in [6, 6.07) is 0. The lowest BCUT2D eigenvalue weighted by molar-refractivity contribution is -0.123. The van der Waals surface area contributed by atoms with Gasteiger partial charge in [-0.15, -0.1) is 0 Å². The van der Waals surface area contributed by atoms with Crippen LogP contribution >= 0.6 is 11.8 Å². The smallest absolute Gasteiger partial charge is 0.222 e. The molecule has 0 rings (SSSR count). The summed E-state index contributed by atoms with van der Waals surface area (Å²) < 4.78 is 5.24. The van der Waals surface area contributed by atoms with Crippen LogP contribution in [0.1, 0.15) is 33.1 Å². The Labute approximate surface area is 109 Å². The van der Waals surface area contributed by atoms with Crippen molar-refractivity contribution in [1.82, 2.24) is 5.32 Å². The van der Waals surface area contributed by atoms with E-state index in [-0.39, 0.29) is 16.8 Å². The predicted octanol–water partition coefficient (Wildman–Crippen LogP) is 1.39. The summed E-state index contributed by atoms with van der Waals surface area (Å²) in [5.74, 6) is 0.0163. The fourth-order valence-electron chi connectivity index (χ4n) is 1.66. The van der Waals surface area contributed by atoms with Crippen LogP contribution in [0.3, 0.4) is 0 Å². The predicted molar refractivity (Wildman–Crippen MR) is 74.3 cm³/mol. The van der Waals surface area contributed by atoms with Gasteiger partial charge in [0, 0.05) is 24.9 Å². The molecule has 0 saturated heterocycles. The fourth-order valence-corrected chi connectivity index (χ4v) is 2.46. The Kier molecular flexibility index (Phi) is 8.64. The number of hydrogen-bond donors (Lipinski definition) is 2. The second-order valence-electron chi connectivity index (χ2n) is 4.17. The van der Waals surface area contributed by atoms with Crippen molar-refractivity contribution in [2.24, 2.45) is 5.73 Å². The molecule has 0 heterocycles. The number of carbonyl (C=O) groups is 1. The zero-order valence-electron chi connectivity index (χ0n) is 11.4.